The number of nitrogens with two attached hydrogens (primary N) is 1. The monoisotopic (exact) mass is 275 g/mol. The smallest absolute Gasteiger partial charge is 0.225 e. The second-order valence-electron chi connectivity index (χ2n) is 7.60. The molecule has 1 aromatic rings. The molecular weight excluding hydrogens is 250 g/mol. The fourth-order valence-electron chi connectivity index (χ4n) is 5.51. The fraction of sp³-hybridized carbons (Fsp3) is 0.812. The van der Waals surface area contributed by atoms with Gasteiger partial charge >= 0.3 is 0 Å². The number of nitrogen functional groups attached to an aromatic ring is 1. The van der Waals surface area contributed by atoms with Crippen molar-refractivity contribution in [1.29, 1.82) is 0 Å². The van der Waals surface area contributed by atoms with Crippen molar-refractivity contribution in [3.05, 3.63) is 11.3 Å². The molecule has 4 bridgehead atoms. The Bertz CT molecular complexity index is 480. The van der Waals surface area contributed by atoms with Crippen molar-refractivity contribution in [2.75, 3.05) is 19.8 Å². The molecule has 4 aliphatic carbocycles. The van der Waals surface area contributed by atoms with E-state index in [-0.39, 0.29) is 0 Å². The molecule has 110 valence electrons. The van der Waals surface area contributed by atoms with Crippen LogP contribution < -0.4 is 5.73 Å². The van der Waals surface area contributed by atoms with Gasteiger partial charge in [-0.2, -0.15) is 0 Å². The van der Waals surface area contributed by atoms with Crippen molar-refractivity contribution < 1.29 is 4.52 Å². The van der Waals surface area contributed by atoms with Crippen LogP contribution in [0, 0.1) is 23.7 Å². The summed E-state index contributed by atoms with van der Waals surface area (Å²) in [4.78, 5) is 2.15. The summed E-state index contributed by atoms with van der Waals surface area (Å²) in [7, 11) is 4.15. The number of nitrogens with zero attached hydrogens (tertiary/aromatic N) is 2. The van der Waals surface area contributed by atoms with E-state index in [2.05, 4.69) is 24.2 Å². The van der Waals surface area contributed by atoms with Gasteiger partial charge in [-0.1, -0.05) is 5.16 Å². The van der Waals surface area contributed by atoms with E-state index in [1.54, 1.807) is 0 Å². The Morgan fingerprint density at radius 2 is 1.70 bits per heavy atom. The Labute approximate surface area is 120 Å². The summed E-state index contributed by atoms with van der Waals surface area (Å²) in [6, 6.07) is 0. The van der Waals surface area contributed by atoms with Crippen LogP contribution >= 0.6 is 0 Å². The van der Waals surface area contributed by atoms with Crippen LogP contribution in [0.15, 0.2) is 4.52 Å². The standard InChI is InChI=1S/C16H25N3O/c1-19(2)8-13-15(16(17)20-18-13)14-11-4-9-3-10(6-11)7-12(14)5-9/h9-12,14H,3-8,17H2,1-2H3. The topological polar surface area (TPSA) is 55.3 Å². The molecule has 4 aliphatic rings. The summed E-state index contributed by atoms with van der Waals surface area (Å²) in [6.07, 6.45) is 7.12. The largest absolute Gasteiger partial charge is 0.367 e. The van der Waals surface area contributed by atoms with E-state index < -0.39 is 0 Å². The number of rotatable bonds is 3. The molecule has 0 radical (unpaired) electrons. The van der Waals surface area contributed by atoms with Gasteiger partial charge in [-0.15, -0.1) is 0 Å². The third-order valence-corrected chi connectivity index (χ3v) is 5.86. The zero-order valence-electron chi connectivity index (χ0n) is 12.5. The van der Waals surface area contributed by atoms with Gasteiger partial charge in [0.15, 0.2) is 0 Å². The Kier molecular flexibility index (Phi) is 2.85. The molecule has 0 amide bonds. The van der Waals surface area contributed by atoms with Crippen LogP contribution in [0.5, 0.6) is 0 Å². The highest BCUT2D eigenvalue weighted by molar-refractivity contribution is 5.43. The predicted octanol–water partition coefficient (Wildman–Crippen LogP) is 2.86. The highest BCUT2D eigenvalue weighted by Gasteiger charge is 2.50. The first kappa shape index (κ1) is 12.7. The number of hydrogen-bond donors (Lipinski definition) is 1. The van der Waals surface area contributed by atoms with Gasteiger partial charge < -0.3 is 15.2 Å². The maximum absolute atomic E-state index is 6.15. The van der Waals surface area contributed by atoms with E-state index in [0.717, 1.165) is 35.9 Å². The molecule has 4 heteroatoms. The van der Waals surface area contributed by atoms with Gasteiger partial charge in [0.05, 0.1) is 0 Å². The molecule has 0 unspecified atom stereocenters. The first-order chi connectivity index (χ1) is 9.61. The molecule has 0 saturated heterocycles. The number of hydrogen-bond acceptors (Lipinski definition) is 4. The Morgan fingerprint density at radius 1 is 1.10 bits per heavy atom. The first-order valence-electron chi connectivity index (χ1n) is 8.00. The van der Waals surface area contributed by atoms with Crippen molar-refractivity contribution in [2.45, 2.75) is 44.6 Å². The summed E-state index contributed by atoms with van der Waals surface area (Å²) < 4.78 is 5.35. The van der Waals surface area contributed by atoms with Gasteiger partial charge in [0, 0.05) is 12.1 Å². The quantitative estimate of drug-likeness (QED) is 0.921. The lowest BCUT2D eigenvalue weighted by molar-refractivity contribution is -0.00304. The van der Waals surface area contributed by atoms with Crippen LogP contribution in [0.4, 0.5) is 5.88 Å². The summed E-state index contributed by atoms with van der Waals surface area (Å²) in [5, 5.41) is 4.25. The average molecular weight is 275 g/mol. The summed E-state index contributed by atoms with van der Waals surface area (Å²) in [5.74, 6) is 4.84. The highest BCUT2D eigenvalue weighted by Crippen LogP contribution is 2.60. The molecule has 2 N–H and O–H groups in total. The molecular formula is C16H25N3O. The molecule has 0 atom stereocenters. The molecule has 1 aromatic heterocycles. The van der Waals surface area contributed by atoms with Crippen molar-refractivity contribution in [3.63, 3.8) is 0 Å². The fourth-order valence-corrected chi connectivity index (χ4v) is 5.51. The Balaban J connectivity index is 1.69. The zero-order valence-corrected chi connectivity index (χ0v) is 12.5. The van der Waals surface area contributed by atoms with E-state index in [1.165, 1.54) is 37.7 Å². The lowest BCUT2D eigenvalue weighted by atomic mass is 9.50. The van der Waals surface area contributed by atoms with Gasteiger partial charge in [0.2, 0.25) is 5.88 Å². The van der Waals surface area contributed by atoms with Gasteiger partial charge in [-0.05, 0) is 75.8 Å². The maximum Gasteiger partial charge on any atom is 0.225 e. The SMILES string of the molecule is CN(C)Cc1noc(N)c1C1C2CC3CC(C2)CC1C3. The zero-order chi connectivity index (χ0) is 13.9. The van der Waals surface area contributed by atoms with Gasteiger partial charge in [0.25, 0.3) is 0 Å². The van der Waals surface area contributed by atoms with E-state index in [1.807, 2.05) is 0 Å². The third kappa shape index (κ3) is 1.88. The second kappa shape index (κ2) is 4.48. The molecule has 5 rings (SSSR count). The van der Waals surface area contributed by atoms with Gasteiger partial charge in [-0.3, -0.25) is 0 Å². The molecule has 4 saturated carbocycles. The minimum atomic E-state index is 0.583. The first-order valence-corrected chi connectivity index (χ1v) is 8.00. The second-order valence-corrected chi connectivity index (χ2v) is 7.60. The van der Waals surface area contributed by atoms with Crippen LogP contribution in [0.25, 0.3) is 0 Å². The molecule has 0 aliphatic heterocycles. The normalized spacial score (nSPS) is 38.9. The van der Waals surface area contributed by atoms with E-state index in [4.69, 9.17) is 10.3 Å². The van der Waals surface area contributed by atoms with E-state index in [0.29, 0.717) is 11.8 Å². The minimum absolute atomic E-state index is 0.583. The van der Waals surface area contributed by atoms with Crippen LogP contribution in [0.1, 0.15) is 49.3 Å². The van der Waals surface area contributed by atoms with Crippen LogP contribution in [0.3, 0.4) is 0 Å². The lowest BCUT2D eigenvalue weighted by Crippen LogP contribution is -2.44. The van der Waals surface area contributed by atoms with E-state index in [9.17, 15) is 0 Å². The molecule has 4 nitrogen and oxygen atoms in total. The Morgan fingerprint density at radius 3 is 2.25 bits per heavy atom. The van der Waals surface area contributed by atoms with E-state index >= 15 is 0 Å². The predicted molar refractivity (Wildman–Crippen MR) is 78.1 cm³/mol. The van der Waals surface area contributed by atoms with Gasteiger partial charge in [0.1, 0.15) is 5.69 Å². The molecule has 4 fully saturated rings. The van der Waals surface area contributed by atoms with Crippen molar-refractivity contribution in [3.8, 4) is 0 Å². The molecule has 20 heavy (non-hydrogen) atoms. The maximum atomic E-state index is 6.15. The summed E-state index contributed by atoms with van der Waals surface area (Å²) >= 11 is 0. The molecule has 1 heterocycles. The highest BCUT2D eigenvalue weighted by atomic mass is 16.5. The number of anilines is 1. The van der Waals surface area contributed by atoms with Crippen molar-refractivity contribution >= 4 is 5.88 Å². The number of aromatic nitrogens is 1. The minimum Gasteiger partial charge on any atom is -0.367 e. The van der Waals surface area contributed by atoms with Crippen molar-refractivity contribution in [2.24, 2.45) is 23.7 Å². The Hall–Kier alpha value is -1.03. The summed E-state index contributed by atoms with van der Waals surface area (Å²) in [5.41, 5.74) is 8.48. The summed E-state index contributed by atoms with van der Waals surface area (Å²) in [6.45, 7) is 0.832. The van der Waals surface area contributed by atoms with Crippen LogP contribution in [0.2, 0.25) is 0 Å². The van der Waals surface area contributed by atoms with Crippen LogP contribution in [-0.2, 0) is 6.54 Å². The van der Waals surface area contributed by atoms with Gasteiger partial charge in [-0.25, -0.2) is 0 Å². The average Bonchev–Trinajstić information content (AvgIpc) is 2.69. The third-order valence-electron chi connectivity index (χ3n) is 5.86. The molecule has 0 aromatic carbocycles. The molecule has 0 spiro atoms. The van der Waals surface area contributed by atoms with Crippen molar-refractivity contribution in [1.82, 2.24) is 10.1 Å². The lowest BCUT2D eigenvalue weighted by Gasteiger charge is -2.54. The van der Waals surface area contributed by atoms with Crippen LogP contribution in [-0.4, -0.2) is 24.2 Å².